The Labute approximate surface area is 117 Å². The van der Waals surface area contributed by atoms with Crippen LogP contribution in [-0.4, -0.2) is 48.4 Å². The molecule has 5 nitrogen and oxygen atoms in total. The van der Waals surface area contributed by atoms with E-state index in [0.717, 1.165) is 10.9 Å². The molecule has 1 aromatic carbocycles. The van der Waals surface area contributed by atoms with Crippen molar-refractivity contribution in [2.75, 3.05) is 27.3 Å². The Bertz CT molecular complexity index is 624. The lowest BCUT2D eigenvalue weighted by atomic mass is 10.1. The number of benzene rings is 1. The van der Waals surface area contributed by atoms with E-state index in [1.165, 1.54) is 0 Å². The van der Waals surface area contributed by atoms with Crippen LogP contribution >= 0.6 is 0 Å². The van der Waals surface area contributed by atoms with Crippen molar-refractivity contribution in [1.29, 1.82) is 0 Å². The number of ether oxygens (including phenoxy) is 1. The van der Waals surface area contributed by atoms with Crippen molar-refractivity contribution in [3.63, 3.8) is 0 Å². The van der Waals surface area contributed by atoms with Crippen LogP contribution in [0.2, 0.25) is 0 Å². The fourth-order valence-corrected chi connectivity index (χ4v) is 2.27. The third-order valence-corrected chi connectivity index (χ3v) is 3.15. The van der Waals surface area contributed by atoms with Crippen LogP contribution in [-0.2, 0) is 11.3 Å². The number of methoxy groups -OCH3 is 1. The molecule has 0 spiro atoms. The van der Waals surface area contributed by atoms with Crippen LogP contribution in [0.4, 0.5) is 0 Å². The van der Waals surface area contributed by atoms with Gasteiger partial charge in [0.25, 0.3) is 5.56 Å². The lowest BCUT2D eigenvalue weighted by Gasteiger charge is -2.19. The lowest BCUT2D eigenvalue weighted by molar-refractivity contribution is 0.0418. The Morgan fingerprint density at radius 1 is 1.40 bits per heavy atom. The number of aliphatic hydroxyl groups is 1. The van der Waals surface area contributed by atoms with E-state index in [2.05, 4.69) is 4.98 Å². The molecule has 0 saturated carbocycles. The van der Waals surface area contributed by atoms with Gasteiger partial charge >= 0.3 is 0 Å². The minimum Gasteiger partial charge on any atom is -0.389 e. The Balaban J connectivity index is 2.13. The number of pyridine rings is 1. The molecule has 1 heterocycles. The second-order valence-electron chi connectivity index (χ2n) is 5.02. The Morgan fingerprint density at radius 2 is 2.15 bits per heavy atom. The zero-order valence-corrected chi connectivity index (χ0v) is 11.8. The van der Waals surface area contributed by atoms with Crippen LogP contribution in [0.1, 0.15) is 5.56 Å². The van der Waals surface area contributed by atoms with E-state index in [-0.39, 0.29) is 5.56 Å². The van der Waals surface area contributed by atoms with Crippen molar-refractivity contribution in [2.45, 2.75) is 12.6 Å². The number of aromatic amines is 1. The molecule has 0 aliphatic carbocycles. The first-order valence-electron chi connectivity index (χ1n) is 6.56. The Hall–Kier alpha value is -1.69. The molecule has 0 aliphatic heterocycles. The fourth-order valence-electron chi connectivity index (χ4n) is 2.27. The molecule has 2 aromatic rings. The Kier molecular flexibility index (Phi) is 4.89. The number of nitrogens with one attached hydrogen (secondary N) is 1. The molecule has 0 aliphatic rings. The van der Waals surface area contributed by atoms with Gasteiger partial charge in [0.2, 0.25) is 0 Å². The monoisotopic (exact) mass is 276 g/mol. The molecule has 108 valence electrons. The zero-order chi connectivity index (χ0) is 14.5. The molecule has 0 saturated heterocycles. The van der Waals surface area contributed by atoms with E-state index in [1.807, 2.05) is 42.3 Å². The molecule has 0 radical (unpaired) electrons. The molecule has 20 heavy (non-hydrogen) atoms. The average molecular weight is 276 g/mol. The van der Waals surface area contributed by atoms with Crippen LogP contribution in [0, 0.1) is 0 Å². The summed E-state index contributed by atoms with van der Waals surface area (Å²) in [6.07, 6.45) is -0.551. The van der Waals surface area contributed by atoms with Gasteiger partial charge in [-0.1, -0.05) is 18.2 Å². The summed E-state index contributed by atoms with van der Waals surface area (Å²) in [5, 5.41) is 10.7. The van der Waals surface area contributed by atoms with E-state index in [1.54, 1.807) is 7.11 Å². The van der Waals surface area contributed by atoms with Crippen molar-refractivity contribution in [1.82, 2.24) is 9.88 Å². The molecule has 2 N–H and O–H groups in total. The molecule has 0 bridgehead atoms. The maximum absolute atomic E-state index is 12.0. The first-order valence-corrected chi connectivity index (χ1v) is 6.56. The van der Waals surface area contributed by atoms with Crippen molar-refractivity contribution in [3.05, 3.63) is 46.2 Å². The molecular formula is C15H20N2O3. The topological polar surface area (TPSA) is 65.6 Å². The molecule has 1 aromatic heterocycles. The number of H-pyrrole nitrogens is 1. The predicted octanol–water partition coefficient (Wildman–Crippen LogP) is 0.967. The maximum atomic E-state index is 12.0. The normalized spacial score (nSPS) is 13.0. The van der Waals surface area contributed by atoms with E-state index in [9.17, 15) is 9.90 Å². The fraction of sp³-hybridized carbons (Fsp3) is 0.400. The number of rotatable bonds is 6. The van der Waals surface area contributed by atoms with Gasteiger partial charge in [-0.3, -0.25) is 9.69 Å². The minimum absolute atomic E-state index is 0.0863. The second-order valence-corrected chi connectivity index (χ2v) is 5.02. The van der Waals surface area contributed by atoms with Gasteiger partial charge in [-0.05, 0) is 24.6 Å². The number of hydrogen-bond donors (Lipinski definition) is 2. The van der Waals surface area contributed by atoms with Crippen LogP contribution in [0.3, 0.4) is 0 Å². The highest BCUT2D eigenvalue weighted by Gasteiger charge is 2.10. The van der Waals surface area contributed by atoms with Gasteiger partial charge in [-0.25, -0.2) is 0 Å². The number of likely N-dealkylation sites (N-methyl/N-ethyl adjacent to an activating group) is 1. The van der Waals surface area contributed by atoms with E-state index >= 15 is 0 Å². The second kappa shape index (κ2) is 6.65. The summed E-state index contributed by atoms with van der Waals surface area (Å²) in [6.45, 7) is 1.24. The van der Waals surface area contributed by atoms with Gasteiger partial charge in [0.15, 0.2) is 0 Å². The lowest BCUT2D eigenvalue weighted by Crippen LogP contribution is -2.33. The summed E-state index contributed by atoms with van der Waals surface area (Å²) in [4.78, 5) is 16.8. The summed E-state index contributed by atoms with van der Waals surface area (Å²) < 4.78 is 4.89. The van der Waals surface area contributed by atoms with Crippen molar-refractivity contribution < 1.29 is 9.84 Å². The molecule has 1 unspecified atom stereocenters. The third-order valence-electron chi connectivity index (χ3n) is 3.15. The molecule has 1 atom stereocenters. The van der Waals surface area contributed by atoms with Gasteiger partial charge in [0, 0.05) is 31.3 Å². The van der Waals surface area contributed by atoms with Crippen LogP contribution in [0.15, 0.2) is 35.1 Å². The molecule has 0 amide bonds. The van der Waals surface area contributed by atoms with Crippen molar-refractivity contribution in [3.8, 4) is 0 Å². The van der Waals surface area contributed by atoms with Crippen LogP contribution in [0.25, 0.3) is 10.9 Å². The first kappa shape index (κ1) is 14.7. The Morgan fingerprint density at radius 3 is 2.90 bits per heavy atom. The number of fused-ring (bicyclic) bond motifs is 1. The van der Waals surface area contributed by atoms with E-state index < -0.39 is 6.10 Å². The summed E-state index contributed by atoms with van der Waals surface area (Å²) >= 11 is 0. The minimum atomic E-state index is -0.551. The molecule has 0 fully saturated rings. The van der Waals surface area contributed by atoms with Crippen LogP contribution in [0.5, 0.6) is 0 Å². The highest BCUT2D eigenvalue weighted by Crippen LogP contribution is 2.11. The SMILES string of the molecule is COCC(O)CN(C)Cc1cc2ccccc2[nH]c1=O. The number of para-hydroxylation sites is 1. The summed E-state index contributed by atoms with van der Waals surface area (Å²) in [7, 11) is 3.42. The van der Waals surface area contributed by atoms with E-state index in [4.69, 9.17) is 4.74 Å². The number of hydrogen-bond acceptors (Lipinski definition) is 4. The quantitative estimate of drug-likeness (QED) is 0.825. The number of aromatic nitrogens is 1. The third kappa shape index (κ3) is 3.66. The molecular weight excluding hydrogens is 256 g/mol. The van der Waals surface area contributed by atoms with Crippen LogP contribution < -0.4 is 5.56 Å². The maximum Gasteiger partial charge on any atom is 0.252 e. The zero-order valence-electron chi connectivity index (χ0n) is 11.8. The molecule has 2 rings (SSSR count). The summed E-state index contributed by atoms with van der Waals surface area (Å²) in [5.74, 6) is 0. The van der Waals surface area contributed by atoms with Gasteiger partial charge < -0.3 is 14.8 Å². The predicted molar refractivity (Wildman–Crippen MR) is 78.8 cm³/mol. The van der Waals surface area contributed by atoms with Gasteiger partial charge in [0.05, 0.1) is 12.7 Å². The van der Waals surface area contributed by atoms with E-state index in [0.29, 0.717) is 25.3 Å². The van der Waals surface area contributed by atoms with Gasteiger partial charge in [0.1, 0.15) is 0 Å². The largest absolute Gasteiger partial charge is 0.389 e. The average Bonchev–Trinajstić information content (AvgIpc) is 2.39. The van der Waals surface area contributed by atoms with Gasteiger partial charge in [-0.15, -0.1) is 0 Å². The van der Waals surface area contributed by atoms with Crippen molar-refractivity contribution in [2.24, 2.45) is 0 Å². The summed E-state index contributed by atoms with van der Waals surface area (Å²) in [5.41, 5.74) is 1.44. The highest BCUT2D eigenvalue weighted by atomic mass is 16.5. The number of nitrogens with zero attached hydrogens (tertiary/aromatic N) is 1. The summed E-state index contributed by atoms with van der Waals surface area (Å²) in [6, 6.07) is 9.58. The smallest absolute Gasteiger partial charge is 0.252 e. The first-order chi connectivity index (χ1) is 9.60. The van der Waals surface area contributed by atoms with Gasteiger partial charge in [-0.2, -0.15) is 0 Å². The highest BCUT2D eigenvalue weighted by molar-refractivity contribution is 5.78. The standard InChI is InChI=1S/C15H20N2O3/c1-17(9-13(18)10-20-2)8-12-7-11-5-3-4-6-14(11)16-15(12)19/h3-7,13,18H,8-10H2,1-2H3,(H,16,19). The molecule has 5 heteroatoms. The number of aliphatic hydroxyl groups excluding tert-OH is 1. The van der Waals surface area contributed by atoms with Crippen molar-refractivity contribution >= 4 is 10.9 Å².